The summed E-state index contributed by atoms with van der Waals surface area (Å²) in [5, 5.41) is 20.4. The number of hydrogen-bond acceptors (Lipinski definition) is 7. The molecule has 5 N–H and O–H groups in total. The Labute approximate surface area is 228 Å². The summed E-state index contributed by atoms with van der Waals surface area (Å²) in [6.45, 7) is 6.98. The van der Waals surface area contributed by atoms with Crippen LogP contribution in [-0.2, 0) is 4.79 Å². The van der Waals surface area contributed by atoms with Gasteiger partial charge in [-0.1, -0.05) is 45.0 Å². The number of rotatable bonds is 7. The summed E-state index contributed by atoms with van der Waals surface area (Å²) in [5.41, 5.74) is 7.54. The second-order valence-electron chi connectivity index (χ2n) is 10.7. The molecule has 1 saturated heterocycles. The number of para-hydroxylation sites is 1. The van der Waals surface area contributed by atoms with Gasteiger partial charge in [-0.15, -0.1) is 0 Å². The maximum atomic E-state index is 12.9. The van der Waals surface area contributed by atoms with Crippen LogP contribution in [0.5, 0.6) is 11.5 Å². The van der Waals surface area contributed by atoms with Crippen LogP contribution in [0.4, 0.5) is 11.6 Å². The van der Waals surface area contributed by atoms with Crippen LogP contribution in [-0.4, -0.2) is 45.6 Å². The minimum Gasteiger partial charge on any atom is -0.457 e. The fraction of sp³-hybridized carbons (Fsp3) is 0.300. The zero-order valence-electron chi connectivity index (χ0n) is 22.5. The highest BCUT2D eigenvalue weighted by atomic mass is 16.5. The summed E-state index contributed by atoms with van der Waals surface area (Å²) in [6, 6.07) is 19.0. The Kier molecular flexibility index (Phi) is 8.37. The molecular weight excluding hydrogens is 490 g/mol. The number of piperidine rings is 1. The first-order valence-corrected chi connectivity index (χ1v) is 12.9. The van der Waals surface area contributed by atoms with Gasteiger partial charge in [0.2, 0.25) is 5.82 Å². The van der Waals surface area contributed by atoms with Crippen LogP contribution in [0.15, 0.2) is 72.6 Å². The number of carbonyl (C=O) groups excluding carboxylic acids is 1. The van der Waals surface area contributed by atoms with Gasteiger partial charge in [-0.3, -0.25) is 15.5 Å². The number of benzene rings is 2. The summed E-state index contributed by atoms with van der Waals surface area (Å²) >= 11 is 0. The lowest BCUT2D eigenvalue weighted by Crippen LogP contribution is -2.86. The van der Waals surface area contributed by atoms with Crippen molar-refractivity contribution in [3.05, 3.63) is 83.7 Å². The second-order valence-corrected chi connectivity index (χ2v) is 10.7. The van der Waals surface area contributed by atoms with Gasteiger partial charge in [0.15, 0.2) is 0 Å². The number of likely N-dealkylation sites (tertiary alicyclic amines) is 1. The number of aromatic nitrogens is 2. The van der Waals surface area contributed by atoms with Crippen molar-refractivity contribution in [1.82, 2.24) is 14.9 Å². The zero-order valence-corrected chi connectivity index (χ0v) is 22.5. The molecule has 0 radical (unpaired) electrons. The fourth-order valence-electron chi connectivity index (χ4n) is 4.49. The van der Waals surface area contributed by atoms with E-state index < -0.39 is 0 Å². The molecule has 1 aromatic heterocycles. The van der Waals surface area contributed by atoms with E-state index in [9.17, 15) is 10.1 Å². The molecule has 1 aliphatic heterocycles. The summed E-state index contributed by atoms with van der Waals surface area (Å²) in [4.78, 5) is 23.2. The van der Waals surface area contributed by atoms with Crippen molar-refractivity contribution in [2.24, 2.45) is 5.41 Å². The van der Waals surface area contributed by atoms with E-state index in [1.165, 1.54) is 6.33 Å². The van der Waals surface area contributed by atoms with Crippen molar-refractivity contribution >= 4 is 23.3 Å². The molecule has 1 amide bonds. The second kappa shape index (κ2) is 11.9. The Balaban J connectivity index is 1.43. The molecule has 1 fully saturated rings. The van der Waals surface area contributed by atoms with Gasteiger partial charge >= 0.3 is 0 Å². The molecule has 0 atom stereocenters. The Hall–Kier alpha value is -4.55. The number of nitriles is 1. The number of amides is 1. The largest absolute Gasteiger partial charge is 0.457 e. The first-order valence-electron chi connectivity index (χ1n) is 12.9. The number of nitrogen functional groups attached to an aromatic ring is 1. The number of quaternary nitrogens is 1. The number of carbonyl (C=O) groups is 1. The number of allylic oxidation sites excluding steroid dienone is 1. The van der Waals surface area contributed by atoms with E-state index in [2.05, 4.69) is 16.0 Å². The van der Waals surface area contributed by atoms with E-state index >= 15 is 0 Å². The molecule has 0 unspecified atom stereocenters. The molecule has 0 aliphatic carbocycles. The number of anilines is 1. The smallest absolute Gasteiger partial charge is 0.264 e. The van der Waals surface area contributed by atoms with E-state index in [0.29, 0.717) is 35.8 Å². The maximum absolute atomic E-state index is 12.9. The predicted octanol–water partition coefficient (Wildman–Crippen LogP) is 3.95. The standard InChI is InChI=1S/C30H33N7O2/c1-30(2,3)17-21(18-31)29(38)37-15-13-22(14-16-37)36-28-25(27(33)34-19-35-28)26(32)20-9-11-24(12-10-20)39-23-7-5-4-6-8-23/h4-12,17,19,22,32H,13-16H2,1-3H3,(H3,33,34,35,36)/p+1. The highest BCUT2D eigenvalue weighted by Gasteiger charge is 2.30. The first kappa shape index (κ1) is 27.5. The molecular formula is C30H34N7O2+. The van der Waals surface area contributed by atoms with Crippen molar-refractivity contribution in [3.8, 4) is 17.6 Å². The van der Waals surface area contributed by atoms with Crippen molar-refractivity contribution in [2.45, 2.75) is 39.7 Å². The van der Waals surface area contributed by atoms with E-state index in [-0.39, 0.29) is 34.5 Å². The molecule has 4 rings (SSSR count). The van der Waals surface area contributed by atoms with Crippen LogP contribution in [0.25, 0.3) is 0 Å². The van der Waals surface area contributed by atoms with Crippen LogP contribution >= 0.6 is 0 Å². The molecule has 200 valence electrons. The third-order valence-electron chi connectivity index (χ3n) is 6.43. The summed E-state index contributed by atoms with van der Waals surface area (Å²) in [6.07, 6.45) is 4.59. The molecule has 2 heterocycles. The predicted molar refractivity (Wildman–Crippen MR) is 150 cm³/mol. The molecule has 0 saturated carbocycles. The highest BCUT2D eigenvalue weighted by Crippen LogP contribution is 2.25. The lowest BCUT2D eigenvalue weighted by atomic mass is 9.93. The van der Waals surface area contributed by atoms with Crippen molar-refractivity contribution in [1.29, 1.82) is 10.7 Å². The van der Waals surface area contributed by atoms with Crippen LogP contribution in [0, 0.1) is 22.2 Å². The van der Waals surface area contributed by atoms with Gasteiger partial charge in [-0.05, 0) is 41.8 Å². The average Bonchev–Trinajstić information content (AvgIpc) is 2.92. The highest BCUT2D eigenvalue weighted by molar-refractivity contribution is 6.15. The Morgan fingerprint density at radius 3 is 2.36 bits per heavy atom. The number of ether oxygens (including phenoxy) is 1. The SMILES string of the molecule is CC(C)(C)C=C(C#N)C(=O)N1CCC([NH2+]c2ncnc(N)c2C(=N)c2ccc(Oc3ccccc3)cc2)CC1. The van der Waals surface area contributed by atoms with Crippen LogP contribution < -0.4 is 15.8 Å². The van der Waals surface area contributed by atoms with Crippen LogP contribution in [0.1, 0.15) is 44.7 Å². The molecule has 9 nitrogen and oxygen atoms in total. The van der Waals surface area contributed by atoms with Crippen LogP contribution in [0.3, 0.4) is 0 Å². The normalized spacial score (nSPS) is 14.5. The monoisotopic (exact) mass is 524 g/mol. The Bertz CT molecular complexity index is 1400. The van der Waals surface area contributed by atoms with Crippen molar-refractivity contribution < 1.29 is 14.8 Å². The summed E-state index contributed by atoms with van der Waals surface area (Å²) in [5.74, 6) is 2.02. The van der Waals surface area contributed by atoms with E-state index in [1.807, 2.05) is 80.7 Å². The van der Waals surface area contributed by atoms with Crippen LogP contribution in [0.2, 0.25) is 0 Å². The topological polar surface area (TPSA) is 146 Å². The number of nitrogens with one attached hydrogen (secondary N) is 1. The Morgan fingerprint density at radius 2 is 1.74 bits per heavy atom. The Morgan fingerprint density at radius 1 is 1.10 bits per heavy atom. The quantitative estimate of drug-likeness (QED) is 0.242. The van der Waals surface area contributed by atoms with E-state index in [0.717, 1.165) is 18.6 Å². The molecule has 0 spiro atoms. The van der Waals surface area contributed by atoms with Crippen molar-refractivity contribution in [2.75, 3.05) is 18.8 Å². The van der Waals surface area contributed by atoms with Crippen molar-refractivity contribution in [3.63, 3.8) is 0 Å². The van der Waals surface area contributed by atoms with Gasteiger partial charge in [-0.25, -0.2) is 4.98 Å². The van der Waals surface area contributed by atoms with Gasteiger partial charge in [-0.2, -0.15) is 10.2 Å². The average molecular weight is 525 g/mol. The molecule has 9 heteroatoms. The van der Waals surface area contributed by atoms with E-state index in [1.54, 1.807) is 11.0 Å². The molecule has 0 bridgehead atoms. The lowest BCUT2D eigenvalue weighted by Gasteiger charge is -2.30. The fourth-order valence-corrected chi connectivity index (χ4v) is 4.49. The minimum atomic E-state index is -0.254. The number of nitrogens with zero attached hydrogens (tertiary/aromatic N) is 4. The molecule has 3 aromatic rings. The van der Waals surface area contributed by atoms with Gasteiger partial charge in [0.05, 0.1) is 11.8 Å². The minimum absolute atomic E-state index is 0.147. The molecule has 39 heavy (non-hydrogen) atoms. The van der Waals surface area contributed by atoms with Gasteiger partial charge in [0, 0.05) is 31.5 Å². The third-order valence-corrected chi connectivity index (χ3v) is 6.43. The molecule has 1 aliphatic rings. The van der Waals surface area contributed by atoms with Gasteiger partial charge < -0.3 is 15.4 Å². The molecule has 2 aromatic carbocycles. The van der Waals surface area contributed by atoms with E-state index in [4.69, 9.17) is 15.9 Å². The third kappa shape index (κ3) is 7.06. The van der Waals surface area contributed by atoms with Gasteiger partial charge in [0.25, 0.3) is 5.91 Å². The zero-order chi connectivity index (χ0) is 28.0. The summed E-state index contributed by atoms with van der Waals surface area (Å²) < 4.78 is 5.86. The first-order chi connectivity index (χ1) is 18.6. The maximum Gasteiger partial charge on any atom is 0.264 e. The van der Waals surface area contributed by atoms with Gasteiger partial charge in [0.1, 0.15) is 40.8 Å². The number of nitrogens with two attached hydrogens (primary N) is 2. The number of hydrogen-bond donors (Lipinski definition) is 3. The summed E-state index contributed by atoms with van der Waals surface area (Å²) in [7, 11) is 0. The lowest BCUT2D eigenvalue weighted by molar-refractivity contribution is -0.617.